The number of anilines is 1. The van der Waals surface area contributed by atoms with Crippen molar-refractivity contribution in [3.05, 3.63) is 87.6 Å². The van der Waals surface area contributed by atoms with Gasteiger partial charge in [0, 0.05) is 68.9 Å². The molecule has 0 radical (unpaired) electrons. The maximum absolute atomic E-state index is 15.4. The lowest BCUT2D eigenvalue weighted by molar-refractivity contribution is -0.613. The first-order valence-electron chi connectivity index (χ1n) is 15.8. The number of carbonyl (C=O) groups is 2. The Morgan fingerprint density at radius 1 is 1.04 bits per heavy atom. The lowest BCUT2D eigenvalue weighted by Crippen LogP contribution is -2.50. The summed E-state index contributed by atoms with van der Waals surface area (Å²) in [5.41, 5.74) is 0.863. The number of benzene rings is 2. The van der Waals surface area contributed by atoms with Gasteiger partial charge in [0.25, 0.3) is 5.91 Å². The molecule has 0 atom stereocenters. The van der Waals surface area contributed by atoms with Gasteiger partial charge in [0.2, 0.25) is 0 Å². The molecule has 3 aromatic rings. The summed E-state index contributed by atoms with van der Waals surface area (Å²) in [6, 6.07) is 10.6. The van der Waals surface area contributed by atoms with Crippen molar-refractivity contribution in [3.8, 4) is 11.5 Å². The predicted molar refractivity (Wildman–Crippen MR) is 165 cm³/mol. The number of hydrogen-bond acceptors (Lipinski definition) is 7. The Labute approximate surface area is 275 Å². The molecule has 48 heavy (non-hydrogen) atoms. The summed E-state index contributed by atoms with van der Waals surface area (Å²) in [4.78, 5) is 31.3. The van der Waals surface area contributed by atoms with Gasteiger partial charge in [-0.2, -0.15) is 17.9 Å². The zero-order chi connectivity index (χ0) is 34.2. The van der Waals surface area contributed by atoms with E-state index in [9.17, 15) is 28.0 Å². The Balaban J connectivity index is 1.07. The van der Waals surface area contributed by atoms with Crippen LogP contribution in [0, 0.1) is 17.9 Å². The number of pyridine rings is 1. The zero-order valence-electron chi connectivity index (χ0n) is 26.6. The van der Waals surface area contributed by atoms with Crippen molar-refractivity contribution in [3.63, 3.8) is 0 Å². The molecule has 2 aromatic carbocycles. The maximum atomic E-state index is 15.4. The monoisotopic (exact) mass is 672 g/mol. The number of amides is 2. The van der Waals surface area contributed by atoms with Crippen molar-refractivity contribution in [2.24, 2.45) is 0 Å². The molecule has 0 N–H and O–H groups in total. The largest absolute Gasteiger partial charge is 0.619 e. The van der Waals surface area contributed by atoms with E-state index in [0.717, 1.165) is 29.6 Å². The molecular weight excluding hydrogens is 636 g/mol. The van der Waals surface area contributed by atoms with Gasteiger partial charge < -0.3 is 24.3 Å². The van der Waals surface area contributed by atoms with Gasteiger partial charge in [-0.25, -0.2) is 9.18 Å². The van der Waals surface area contributed by atoms with Crippen LogP contribution in [0.4, 0.5) is 28.0 Å². The Morgan fingerprint density at radius 3 is 2.44 bits per heavy atom. The Morgan fingerprint density at radius 2 is 1.75 bits per heavy atom. The van der Waals surface area contributed by atoms with E-state index in [1.54, 1.807) is 9.80 Å². The van der Waals surface area contributed by atoms with Crippen LogP contribution in [0.25, 0.3) is 0 Å². The number of aromatic nitrogens is 1. The number of ether oxygens (including phenoxy) is 3. The summed E-state index contributed by atoms with van der Waals surface area (Å²) in [7, 11) is 1.38. The third-order valence-electron chi connectivity index (χ3n) is 9.38. The van der Waals surface area contributed by atoms with Gasteiger partial charge in [0.05, 0.1) is 23.9 Å². The van der Waals surface area contributed by atoms with Crippen LogP contribution >= 0.6 is 0 Å². The second kappa shape index (κ2) is 13.5. The standard InChI is InChI=1S/C34H36F4N4O6/c1-21-26(27(34(36,37)38)11-16-41(21)45)19-39-12-9-24(10-13-39)48-31-18-30(46-2)25(17-28(31)35)32(43)40-14-7-23(8-15-40)42-29-6-4-3-5-22(29)20-47-33(42)44/h3-6,11,16-18,23-24H,7-10,12-15,19-20H2,1-2H3. The summed E-state index contributed by atoms with van der Waals surface area (Å²) in [5.74, 6) is -1.08. The van der Waals surface area contributed by atoms with Crippen molar-refractivity contribution < 1.29 is 46.1 Å². The first-order valence-corrected chi connectivity index (χ1v) is 15.8. The van der Waals surface area contributed by atoms with Gasteiger partial charge >= 0.3 is 12.3 Å². The fourth-order valence-electron chi connectivity index (χ4n) is 6.72. The molecule has 14 heteroatoms. The Bertz CT molecular complexity index is 1690. The number of para-hydroxylation sites is 1. The number of hydrogen-bond donors (Lipinski definition) is 0. The van der Waals surface area contributed by atoms with E-state index in [2.05, 4.69) is 0 Å². The molecule has 6 rings (SSSR count). The average molecular weight is 673 g/mol. The average Bonchev–Trinajstić information content (AvgIpc) is 3.07. The lowest BCUT2D eigenvalue weighted by Gasteiger charge is -2.40. The highest BCUT2D eigenvalue weighted by Gasteiger charge is 2.38. The van der Waals surface area contributed by atoms with Crippen LogP contribution in [0.2, 0.25) is 0 Å². The fraction of sp³-hybridized carbons (Fsp3) is 0.441. The number of rotatable bonds is 7. The molecule has 1 aromatic heterocycles. The molecule has 10 nitrogen and oxygen atoms in total. The molecule has 0 aliphatic carbocycles. The van der Waals surface area contributed by atoms with Crippen LogP contribution in [-0.2, 0) is 24.1 Å². The molecule has 256 valence electrons. The van der Waals surface area contributed by atoms with Crippen LogP contribution in [0.3, 0.4) is 0 Å². The Kier molecular flexibility index (Phi) is 9.37. The van der Waals surface area contributed by atoms with E-state index < -0.39 is 35.7 Å². The van der Waals surface area contributed by atoms with Gasteiger partial charge in [-0.05, 0) is 37.8 Å². The highest BCUT2D eigenvalue weighted by atomic mass is 19.4. The molecule has 0 unspecified atom stereocenters. The molecule has 2 fully saturated rings. The molecular formula is C34H36F4N4O6. The lowest BCUT2D eigenvalue weighted by atomic mass is 10.00. The van der Waals surface area contributed by atoms with Gasteiger partial charge in [0.15, 0.2) is 23.5 Å². The highest BCUT2D eigenvalue weighted by Crippen LogP contribution is 2.36. The van der Waals surface area contributed by atoms with E-state index in [1.807, 2.05) is 29.2 Å². The Hall–Kier alpha value is -4.59. The van der Waals surface area contributed by atoms with Crippen LogP contribution in [0.5, 0.6) is 11.5 Å². The number of alkyl halides is 3. The maximum Gasteiger partial charge on any atom is 0.417 e. The quantitative estimate of drug-likeness (QED) is 0.183. The normalized spacial score (nSPS) is 18.0. The second-order valence-corrected chi connectivity index (χ2v) is 12.3. The van der Waals surface area contributed by atoms with Crippen molar-refractivity contribution in [1.29, 1.82) is 0 Å². The summed E-state index contributed by atoms with van der Waals surface area (Å²) < 4.78 is 73.4. The van der Waals surface area contributed by atoms with E-state index in [4.69, 9.17) is 14.2 Å². The van der Waals surface area contributed by atoms with Crippen LogP contribution < -0.4 is 19.1 Å². The van der Waals surface area contributed by atoms with Crippen LogP contribution in [0.15, 0.2) is 48.7 Å². The van der Waals surface area contributed by atoms with E-state index >= 15 is 4.39 Å². The van der Waals surface area contributed by atoms with Crippen molar-refractivity contribution in [1.82, 2.24) is 9.80 Å². The number of cyclic esters (lactones) is 1. The summed E-state index contributed by atoms with van der Waals surface area (Å²) in [6.07, 6.45) is -2.71. The van der Waals surface area contributed by atoms with Crippen LogP contribution in [0.1, 0.15) is 58.4 Å². The molecule has 0 spiro atoms. The first kappa shape index (κ1) is 33.3. The number of fused-ring (bicyclic) bond motifs is 1. The fourth-order valence-corrected chi connectivity index (χ4v) is 6.72. The van der Waals surface area contributed by atoms with Gasteiger partial charge in [0.1, 0.15) is 18.5 Å². The molecule has 0 bridgehead atoms. The number of methoxy groups -OCH3 is 1. The minimum absolute atomic E-state index is 0.00570. The minimum Gasteiger partial charge on any atom is -0.619 e. The number of carbonyl (C=O) groups excluding carboxylic acids is 2. The molecule has 0 saturated carbocycles. The molecule has 3 aliphatic heterocycles. The summed E-state index contributed by atoms with van der Waals surface area (Å²) >= 11 is 0. The zero-order valence-corrected chi connectivity index (χ0v) is 26.6. The number of halogens is 4. The van der Waals surface area contributed by atoms with Gasteiger partial charge in [-0.3, -0.25) is 14.6 Å². The highest BCUT2D eigenvalue weighted by molar-refractivity contribution is 5.97. The smallest absolute Gasteiger partial charge is 0.417 e. The van der Waals surface area contributed by atoms with Crippen molar-refractivity contribution >= 4 is 17.7 Å². The van der Waals surface area contributed by atoms with E-state index in [1.165, 1.54) is 20.1 Å². The summed E-state index contributed by atoms with van der Waals surface area (Å²) in [5, 5.41) is 12.0. The minimum atomic E-state index is -4.59. The van der Waals surface area contributed by atoms with Crippen LogP contribution in [-0.4, -0.2) is 67.2 Å². The third-order valence-corrected chi connectivity index (χ3v) is 9.38. The topological polar surface area (TPSA) is 98.5 Å². The molecule has 2 saturated heterocycles. The summed E-state index contributed by atoms with van der Waals surface area (Å²) in [6.45, 7) is 2.98. The predicted octanol–water partition coefficient (Wildman–Crippen LogP) is 5.60. The van der Waals surface area contributed by atoms with E-state index in [-0.39, 0.29) is 47.5 Å². The van der Waals surface area contributed by atoms with E-state index in [0.29, 0.717) is 56.6 Å². The number of likely N-dealkylation sites (tertiary alicyclic amines) is 2. The van der Waals surface area contributed by atoms with Crippen molar-refractivity contribution in [2.45, 2.75) is 64.1 Å². The molecule has 4 heterocycles. The number of nitrogens with zero attached hydrogens (tertiary/aromatic N) is 4. The third kappa shape index (κ3) is 6.71. The molecule has 2 amide bonds. The second-order valence-electron chi connectivity index (χ2n) is 12.3. The SMILES string of the molecule is COc1cc(OC2CCN(Cc3c(C(F)(F)F)cc[n+]([O-])c3C)CC2)c(F)cc1C(=O)N1CCC(N2C(=O)OCc3ccccc32)CC1. The first-order chi connectivity index (χ1) is 22.9. The van der Waals surface area contributed by atoms with Gasteiger partial charge in [-0.1, -0.05) is 18.2 Å². The van der Waals surface area contributed by atoms with Crippen molar-refractivity contribution in [2.75, 3.05) is 38.2 Å². The number of piperidine rings is 2. The molecule has 3 aliphatic rings. The van der Waals surface area contributed by atoms with Gasteiger partial charge in [-0.15, -0.1) is 0 Å².